The Morgan fingerprint density at radius 1 is 1.53 bits per heavy atom. The molecule has 0 saturated heterocycles. The zero-order valence-electron chi connectivity index (χ0n) is 12.4. The average Bonchev–Trinajstić information content (AvgIpc) is 2.80. The second-order valence-electron chi connectivity index (χ2n) is 5.45. The minimum Gasteiger partial charge on any atom is -0.432 e. The Kier molecular flexibility index (Phi) is 6.05. The molecule has 0 bridgehead atoms. The van der Waals surface area contributed by atoms with E-state index in [1.165, 1.54) is 0 Å². The Morgan fingerprint density at radius 3 is 2.84 bits per heavy atom. The van der Waals surface area contributed by atoms with Gasteiger partial charge in [0.25, 0.3) is 6.01 Å². The summed E-state index contributed by atoms with van der Waals surface area (Å²) in [5, 5.41) is 3.38. The van der Waals surface area contributed by atoms with Crippen LogP contribution in [0, 0.1) is 0 Å². The number of hydrogen-bond donors (Lipinski definition) is 1. The molecule has 0 aliphatic rings. The zero-order chi connectivity index (χ0) is 14.3. The lowest BCUT2D eigenvalue weighted by Gasteiger charge is -2.19. The fourth-order valence-corrected chi connectivity index (χ4v) is 1.50. The molecule has 0 saturated carbocycles. The van der Waals surface area contributed by atoms with E-state index in [0.717, 1.165) is 12.2 Å². The van der Waals surface area contributed by atoms with Gasteiger partial charge in [0.15, 0.2) is 0 Å². The summed E-state index contributed by atoms with van der Waals surface area (Å²) in [6, 6.07) is 0.614. The van der Waals surface area contributed by atoms with E-state index in [2.05, 4.69) is 37.7 Å². The Balaban J connectivity index is 2.61. The smallest absolute Gasteiger partial charge is 0.297 e. The number of methoxy groups -OCH3 is 1. The molecular weight excluding hydrogens is 242 g/mol. The highest BCUT2D eigenvalue weighted by molar-refractivity contribution is 5.28. The van der Waals surface area contributed by atoms with E-state index >= 15 is 0 Å². The van der Waals surface area contributed by atoms with Gasteiger partial charge in [-0.05, 0) is 20.8 Å². The third kappa shape index (κ3) is 5.89. The third-order valence-corrected chi connectivity index (χ3v) is 2.52. The summed E-state index contributed by atoms with van der Waals surface area (Å²) < 4.78 is 10.6. The standard InChI is InChI=1S/C14H25N3O2/c1-6-7-17(8-9-18-5)13-16-12(11-19-13)10-15-14(2,3)4/h6,11,15H,1,7-10H2,2-5H3. The monoisotopic (exact) mass is 267 g/mol. The van der Waals surface area contributed by atoms with Crippen LogP contribution in [-0.2, 0) is 11.3 Å². The first-order chi connectivity index (χ1) is 8.96. The average molecular weight is 267 g/mol. The van der Waals surface area contributed by atoms with Crippen molar-refractivity contribution in [3.8, 4) is 0 Å². The van der Waals surface area contributed by atoms with Crippen molar-refractivity contribution in [2.75, 3.05) is 31.7 Å². The molecule has 0 aromatic carbocycles. The van der Waals surface area contributed by atoms with Gasteiger partial charge in [-0.3, -0.25) is 0 Å². The first-order valence-electron chi connectivity index (χ1n) is 6.50. The molecule has 0 spiro atoms. The van der Waals surface area contributed by atoms with Gasteiger partial charge >= 0.3 is 0 Å². The van der Waals surface area contributed by atoms with Crippen molar-refractivity contribution in [2.24, 2.45) is 0 Å². The van der Waals surface area contributed by atoms with E-state index in [1.807, 2.05) is 11.0 Å². The number of oxazole rings is 1. The summed E-state index contributed by atoms with van der Waals surface area (Å²) in [5.41, 5.74) is 0.965. The number of nitrogens with zero attached hydrogens (tertiary/aromatic N) is 2. The van der Waals surface area contributed by atoms with Gasteiger partial charge in [0.05, 0.1) is 12.3 Å². The van der Waals surface area contributed by atoms with Gasteiger partial charge in [0.1, 0.15) is 6.26 Å². The Hall–Kier alpha value is -1.33. The van der Waals surface area contributed by atoms with Crippen LogP contribution in [0.15, 0.2) is 23.3 Å². The maximum Gasteiger partial charge on any atom is 0.297 e. The predicted molar refractivity (Wildman–Crippen MR) is 77.4 cm³/mol. The molecule has 0 atom stereocenters. The fraction of sp³-hybridized carbons (Fsp3) is 0.643. The van der Waals surface area contributed by atoms with Crippen molar-refractivity contribution in [3.05, 3.63) is 24.6 Å². The van der Waals surface area contributed by atoms with Crippen LogP contribution in [0.25, 0.3) is 0 Å². The van der Waals surface area contributed by atoms with Crippen LogP contribution >= 0.6 is 0 Å². The van der Waals surface area contributed by atoms with E-state index in [1.54, 1.807) is 13.4 Å². The highest BCUT2D eigenvalue weighted by Gasteiger charge is 2.14. The molecular formula is C14H25N3O2. The summed E-state index contributed by atoms with van der Waals surface area (Å²) in [4.78, 5) is 6.48. The van der Waals surface area contributed by atoms with E-state index < -0.39 is 0 Å². The van der Waals surface area contributed by atoms with Gasteiger partial charge in [-0.2, -0.15) is 4.98 Å². The van der Waals surface area contributed by atoms with Crippen molar-refractivity contribution < 1.29 is 9.15 Å². The molecule has 1 heterocycles. The van der Waals surface area contributed by atoms with Crippen molar-refractivity contribution in [3.63, 3.8) is 0 Å². The van der Waals surface area contributed by atoms with Crippen molar-refractivity contribution in [1.29, 1.82) is 0 Å². The Labute approximate surface area is 115 Å². The number of nitrogens with one attached hydrogen (secondary N) is 1. The van der Waals surface area contributed by atoms with Crippen LogP contribution in [0.2, 0.25) is 0 Å². The summed E-state index contributed by atoms with van der Waals surface area (Å²) in [5.74, 6) is 0. The lowest BCUT2D eigenvalue weighted by molar-refractivity contribution is 0.204. The molecule has 0 radical (unpaired) electrons. The van der Waals surface area contributed by atoms with Gasteiger partial charge in [-0.15, -0.1) is 6.58 Å². The molecule has 0 unspecified atom stereocenters. The highest BCUT2D eigenvalue weighted by Crippen LogP contribution is 2.14. The molecule has 19 heavy (non-hydrogen) atoms. The molecule has 0 amide bonds. The second kappa shape index (κ2) is 7.31. The maximum atomic E-state index is 5.51. The minimum absolute atomic E-state index is 0.0654. The van der Waals surface area contributed by atoms with Crippen molar-refractivity contribution in [1.82, 2.24) is 10.3 Å². The SMILES string of the molecule is C=CCN(CCOC)c1nc(CNC(C)(C)C)co1. The molecule has 5 heteroatoms. The first kappa shape index (κ1) is 15.7. The number of aromatic nitrogens is 1. The quantitative estimate of drug-likeness (QED) is 0.732. The molecule has 108 valence electrons. The van der Waals surface area contributed by atoms with Crippen LogP contribution < -0.4 is 10.2 Å². The van der Waals surface area contributed by atoms with Crippen LogP contribution in [0.3, 0.4) is 0 Å². The number of anilines is 1. The molecule has 5 nitrogen and oxygen atoms in total. The lowest BCUT2D eigenvalue weighted by atomic mass is 10.1. The highest BCUT2D eigenvalue weighted by atomic mass is 16.5. The largest absolute Gasteiger partial charge is 0.432 e. The normalized spacial score (nSPS) is 11.6. The molecule has 0 aliphatic heterocycles. The molecule has 1 rings (SSSR count). The number of hydrogen-bond acceptors (Lipinski definition) is 5. The number of ether oxygens (including phenoxy) is 1. The predicted octanol–water partition coefficient (Wildman–Crippen LogP) is 2.20. The molecule has 0 aliphatic carbocycles. The maximum absolute atomic E-state index is 5.51. The van der Waals surface area contributed by atoms with Gasteiger partial charge in [-0.25, -0.2) is 0 Å². The first-order valence-corrected chi connectivity index (χ1v) is 6.50. The van der Waals surface area contributed by atoms with Crippen LogP contribution in [0.4, 0.5) is 6.01 Å². The summed E-state index contributed by atoms with van der Waals surface area (Å²) in [6.45, 7) is 12.9. The molecule has 0 fully saturated rings. The molecule has 1 aromatic rings. The number of rotatable bonds is 8. The Bertz CT molecular complexity index is 382. The Morgan fingerprint density at radius 2 is 2.26 bits per heavy atom. The fourth-order valence-electron chi connectivity index (χ4n) is 1.50. The van der Waals surface area contributed by atoms with E-state index in [9.17, 15) is 0 Å². The summed E-state index contributed by atoms with van der Waals surface area (Å²) >= 11 is 0. The van der Waals surface area contributed by atoms with E-state index in [-0.39, 0.29) is 5.54 Å². The van der Waals surface area contributed by atoms with Gasteiger partial charge in [0, 0.05) is 32.3 Å². The van der Waals surface area contributed by atoms with Crippen LogP contribution in [0.1, 0.15) is 26.5 Å². The van der Waals surface area contributed by atoms with Gasteiger partial charge in [-0.1, -0.05) is 6.08 Å². The van der Waals surface area contributed by atoms with Gasteiger partial charge in [0.2, 0.25) is 0 Å². The van der Waals surface area contributed by atoms with Gasteiger partial charge < -0.3 is 19.4 Å². The zero-order valence-corrected chi connectivity index (χ0v) is 12.4. The van der Waals surface area contributed by atoms with Crippen molar-refractivity contribution >= 4 is 6.01 Å². The van der Waals surface area contributed by atoms with Crippen molar-refractivity contribution in [2.45, 2.75) is 32.9 Å². The van der Waals surface area contributed by atoms with Crippen LogP contribution in [-0.4, -0.2) is 37.3 Å². The second-order valence-corrected chi connectivity index (χ2v) is 5.45. The van der Waals surface area contributed by atoms with E-state index in [4.69, 9.17) is 9.15 Å². The molecule has 1 N–H and O–H groups in total. The summed E-state index contributed by atoms with van der Waals surface area (Å²) in [7, 11) is 1.68. The lowest BCUT2D eigenvalue weighted by Crippen LogP contribution is -2.35. The molecule has 1 aromatic heterocycles. The third-order valence-electron chi connectivity index (χ3n) is 2.52. The minimum atomic E-state index is 0.0654. The topological polar surface area (TPSA) is 50.5 Å². The summed E-state index contributed by atoms with van der Waals surface area (Å²) in [6.07, 6.45) is 3.52. The van der Waals surface area contributed by atoms with Crippen LogP contribution in [0.5, 0.6) is 0 Å². The van der Waals surface area contributed by atoms with E-state index in [0.29, 0.717) is 25.7 Å².